The zero-order valence-electron chi connectivity index (χ0n) is 15.5. The molecule has 0 aliphatic rings. The number of benzene rings is 1. The fourth-order valence-corrected chi connectivity index (χ4v) is 2.72. The van der Waals surface area contributed by atoms with Gasteiger partial charge >= 0.3 is 5.97 Å². The molecule has 140 valence electrons. The molecule has 0 aliphatic heterocycles. The molecule has 2 aromatic heterocycles. The molecule has 3 rings (SSSR count). The fraction of sp³-hybridized carbons (Fsp3) is 0.278. The van der Waals surface area contributed by atoms with E-state index >= 15 is 0 Å². The lowest BCUT2D eigenvalue weighted by atomic mass is 10.1. The zero-order chi connectivity index (χ0) is 19.8. The first-order valence-electron chi connectivity index (χ1n) is 8.29. The number of rotatable bonds is 4. The van der Waals surface area contributed by atoms with Gasteiger partial charge in [0.2, 0.25) is 0 Å². The first-order valence-corrected chi connectivity index (χ1v) is 8.29. The average Bonchev–Trinajstić information content (AvgIpc) is 3.21. The van der Waals surface area contributed by atoms with Crippen LogP contribution in [0.1, 0.15) is 47.3 Å². The largest absolute Gasteiger partial charge is 0.476 e. The minimum absolute atomic E-state index is 0.158. The van der Waals surface area contributed by atoms with Crippen LogP contribution in [0.15, 0.2) is 36.7 Å². The molecule has 0 fully saturated rings. The number of carbonyl (C=O) groups is 2. The summed E-state index contributed by atoms with van der Waals surface area (Å²) >= 11 is 0. The van der Waals surface area contributed by atoms with E-state index in [4.69, 9.17) is 5.11 Å². The van der Waals surface area contributed by atoms with Crippen LogP contribution in [0.3, 0.4) is 0 Å². The van der Waals surface area contributed by atoms with Crippen molar-refractivity contribution in [1.82, 2.24) is 24.8 Å². The number of anilines is 1. The zero-order valence-corrected chi connectivity index (χ0v) is 15.5. The normalized spacial score (nSPS) is 11.4. The van der Waals surface area contributed by atoms with Crippen LogP contribution in [-0.2, 0) is 5.54 Å². The number of carboxylic acid groups (broad SMARTS) is 1. The molecule has 2 heterocycles. The summed E-state index contributed by atoms with van der Waals surface area (Å²) in [4.78, 5) is 23.6. The molecule has 27 heavy (non-hydrogen) atoms. The van der Waals surface area contributed by atoms with Crippen molar-refractivity contribution in [1.29, 1.82) is 0 Å². The highest BCUT2D eigenvalue weighted by Crippen LogP contribution is 2.20. The lowest BCUT2D eigenvalue weighted by Crippen LogP contribution is -2.25. The van der Waals surface area contributed by atoms with Crippen LogP contribution >= 0.6 is 0 Å². The average molecular weight is 368 g/mol. The van der Waals surface area contributed by atoms with Crippen LogP contribution in [0.25, 0.3) is 5.69 Å². The molecule has 0 unspecified atom stereocenters. The van der Waals surface area contributed by atoms with E-state index in [1.165, 1.54) is 10.9 Å². The Morgan fingerprint density at radius 2 is 1.96 bits per heavy atom. The number of aromatic nitrogens is 5. The van der Waals surface area contributed by atoms with Gasteiger partial charge in [0.15, 0.2) is 5.69 Å². The second-order valence-electron chi connectivity index (χ2n) is 7.08. The number of amides is 1. The van der Waals surface area contributed by atoms with E-state index in [9.17, 15) is 9.59 Å². The first-order chi connectivity index (χ1) is 12.7. The summed E-state index contributed by atoms with van der Waals surface area (Å²) in [6.07, 6.45) is 2.86. The first kappa shape index (κ1) is 18.3. The van der Waals surface area contributed by atoms with E-state index in [0.29, 0.717) is 16.9 Å². The quantitative estimate of drug-likeness (QED) is 0.731. The lowest BCUT2D eigenvalue weighted by molar-refractivity contribution is 0.0690. The molecule has 0 aliphatic carbocycles. The number of aromatic carboxylic acids is 1. The summed E-state index contributed by atoms with van der Waals surface area (Å²) in [6.45, 7) is 7.90. The fourth-order valence-electron chi connectivity index (χ4n) is 2.72. The van der Waals surface area contributed by atoms with Gasteiger partial charge in [-0.15, -0.1) is 5.10 Å². The summed E-state index contributed by atoms with van der Waals surface area (Å²) in [5, 5.41) is 23.5. The van der Waals surface area contributed by atoms with Gasteiger partial charge in [-0.25, -0.2) is 9.48 Å². The number of carboxylic acids is 1. The van der Waals surface area contributed by atoms with Crippen molar-refractivity contribution in [3.05, 3.63) is 53.6 Å². The maximum atomic E-state index is 12.6. The monoisotopic (exact) mass is 368 g/mol. The van der Waals surface area contributed by atoms with Gasteiger partial charge in [-0.2, -0.15) is 5.10 Å². The molecule has 1 aromatic carbocycles. The van der Waals surface area contributed by atoms with Crippen molar-refractivity contribution in [3.8, 4) is 5.69 Å². The van der Waals surface area contributed by atoms with Crippen molar-refractivity contribution in [2.75, 3.05) is 5.32 Å². The molecule has 0 atom stereocenters. The molecule has 0 radical (unpaired) electrons. The van der Waals surface area contributed by atoms with Gasteiger partial charge in [-0.05, 0) is 45.9 Å². The molecule has 2 N–H and O–H groups in total. The molecule has 1 amide bonds. The number of nitrogens with zero attached hydrogens (tertiary/aromatic N) is 5. The molecule has 9 heteroatoms. The Bertz CT molecular complexity index is 1010. The van der Waals surface area contributed by atoms with Crippen LogP contribution < -0.4 is 5.32 Å². The third-order valence-electron chi connectivity index (χ3n) is 3.97. The van der Waals surface area contributed by atoms with Crippen LogP contribution in [0.4, 0.5) is 5.69 Å². The Hall–Kier alpha value is -3.49. The van der Waals surface area contributed by atoms with Crippen molar-refractivity contribution >= 4 is 17.6 Å². The molecular formula is C18H20N6O3. The number of hydrogen-bond acceptors (Lipinski definition) is 5. The summed E-state index contributed by atoms with van der Waals surface area (Å²) in [5.41, 5.74) is 2.01. The van der Waals surface area contributed by atoms with Gasteiger partial charge in [-0.3, -0.25) is 9.48 Å². The van der Waals surface area contributed by atoms with Gasteiger partial charge in [0, 0.05) is 11.4 Å². The maximum Gasteiger partial charge on any atom is 0.358 e. The molecule has 9 nitrogen and oxygen atoms in total. The molecular weight excluding hydrogens is 348 g/mol. The predicted molar refractivity (Wildman–Crippen MR) is 98.2 cm³/mol. The van der Waals surface area contributed by atoms with E-state index in [0.717, 1.165) is 5.69 Å². The summed E-state index contributed by atoms with van der Waals surface area (Å²) < 4.78 is 3.14. The molecule has 3 aromatic rings. The van der Waals surface area contributed by atoms with E-state index in [-0.39, 0.29) is 17.1 Å². The van der Waals surface area contributed by atoms with Crippen LogP contribution in [-0.4, -0.2) is 41.8 Å². The van der Waals surface area contributed by atoms with Gasteiger partial charge in [0.1, 0.15) is 0 Å². The molecule has 0 spiro atoms. The van der Waals surface area contributed by atoms with Gasteiger partial charge in [-0.1, -0.05) is 11.3 Å². The number of carbonyl (C=O) groups excluding carboxylic acids is 1. The topological polar surface area (TPSA) is 115 Å². The smallest absolute Gasteiger partial charge is 0.358 e. The van der Waals surface area contributed by atoms with Crippen molar-refractivity contribution in [2.24, 2.45) is 0 Å². The van der Waals surface area contributed by atoms with E-state index < -0.39 is 5.97 Å². The second kappa shape index (κ2) is 6.67. The van der Waals surface area contributed by atoms with Crippen molar-refractivity contribution < 1.29 is 14.7 Å². The number of nitrogens with one attached hydrogen (secondary N) is 1. The van der Waals surface area contributed by atoms with E-state index in [1.807, 2.05) is 27.7 Å². The number of hydrogen-bond donors (Lipinski definition) is 2. The Balaban J connectivity index is 1.83. The molecule has 0 saturated heterocycles. The van der Waals surface area contributed by atoms with E-state index in [1.54, 1.807) is 35.1 Å². The van der Waals surface area contributed by atoms with Gasteiger partial charge < -0.3 is 10.4 Å². The van der Waals surface area contributed by atoms with E-state index in [2.05, 4.69) is 20.7 Å². The van der Waals surface area contributed by atoms with Crippen molar-refractivity contribution in [2.45, 2.75) is 33.2 Å². The van der Waals surface area contributed by atoms with Crippen molar-refractivity contribution in [3.63, 3.8) is 0 Å². The van der Waals surface area contributed by atoms with Crippen LogP contribution in [0.2, 0.25) is 0 Å². The Labute approximate surface area is 155 Å². The highest BCUT2D eigenvalue weighted by atomic mass is 16.4. The van der Waals surface area contributed by atoms with Crippen LogP contribution in [0.5, 0.6) is 0 Å². The summed E-state index contributed by atoms with van der Waals surface area (Å²) in [5.74, 6) is -1.43. The standard InChI is InChI=1S/C18H20N6O3/c1-11-14(9-19-24(11)18(2,3)4)16(25)20-12-6-5-7-13(8-12)23-10-15(17(26)27)21-22-23/h5-10H,1-4H3,(H,20,25)(H,26,27). The SMILES string of the molecule is Cc1c(C(=O)Nc2cccc(-n3cc(C(=O)O)nn3)c2)cnn1C(C)(C)C. The van der Waals surface area contributed by atoms with Gasteiger partial charge in [0.05, 0.1) is 29.2 Å². The highest BCUT2D eigenvalue weighted by molar-refractivity contribution is 6.05. The second-order valence-corrected chi connectivity index (χ2v) is 7.08. The molecule has 0 saturated carbocycles. The van der Waals surface area contributed by atoms with Gasteiger partial charge in [0.25, 0.3) is 5.91 Å². The minimum Gasteiger partial charge on any atom is -0.476 e. The minimum atomic E-state index is -1.16. The Morgan fingerprint density at radius 1 is 1.22 bits per heavy atom. The summed E-state index contributed by atoms with van der Waals surface area (Å²) in [7, 11) is 0. The summed E-state index contributed by atoms with van der Waals surface area (Å²) in [6, 6.07) is 6.89. The Morgan fingerprint density at radius 3 is 2.56 bits per heavy atom. The maximum absolute atomic E-state index is 12.6. The highest BCUT2D eigenvalue weighted by Gasteiger charge is 2.21. The predicted octanol–water partition coefficient (Wildman–Crippen LogP) is 2.48. The third kappa shape index (κ3) is 3.71. The third-order valence-corrected chi connectivity index (χ3v) is 3.97. The Kier molecular flexibility index (Phi) is 4.52. The van der Waals surface area contributed by atoms with Crippen LogP contribution in [0, 0.1) is 6.92 Å². The lowest BCUT2D eigenvalue weighted by Gasteiger charge is -2.21. The molecule has 0 bridgehead atoms.